The first kappa shape index (κ1) is 14.8. The highest BCUT2D eigenvalue weighted by atomic mass is 32.2. The molecule has 1 unspecified atom stereocenters. The lowest BCUT2D eigenvalue weighted by Crippen LogP contribution is -2.21. The van der Waals surface area contributed by atoms with Gasteiger partial charge in [-0.3, -0.25) is 10.1 Å². The normalized spacial score (nSPS) is 12.4. The largest absolute Gasteiger partial charge is 0.361 e. The zero-order valence-corrected chi connectivity index (χ0v) is 12.1. The molecule has 1 aromatic rings. The molecule has 0 radical (unpaired) electrons. The van der Waals surface area contributed by atoms with Crippen LogP contribution in [0.4, 0.5) is 11.5 Å². The van der Waals surface area contributed by atoms with Gasteiger partial charge in [-0.05, 0) is 26.5 Å². The van der Waals surface area contributed by atoms with Crippen LogP contribution in [0.1, 0.15) is 26.0 Å². The number of rotatable bonds is 7. The summed E-state index contributed by atoms with van der Waals surface area (Å²) >= 11 is 1.71. The molecular formula is C11H20N4O2S. The van der Waals surface area contributed by atoms with Crippen molar-refractivity contribution in [2.45, 2.75) is 39.8 Å². The van der Waals surface area contributed by atoms with Crippen molar-refractivity contribution in [3.63, 3.8) is 0 Å². The van der Waals surface area contributed by atoms with Gasteiger partial charge in [-0.1, -0.05) is 6.92 Å². The first-order chi connectivity index (χ1) is 8.51. The van der Waals surface area contributed by atoms with Crippen molar-refractivity contribution in [2.24, 2.45) is 0 Å². The molecule has 0 saturated carbocycles. The number of nitrogens with zero attached hydrogens (tertiary/aromatic N) is 3. The molecule has 1 aromatic heterocycles. The molecule has 18 heavy (non-hydrogen) atoms. The number of anilines is 1. The lowest BCUT2D eigenvalue weighted by atomic mass is 10.3. The Balaban J connectivity index is 3.07. The molecule has 0 bridgehead atoms. The fourth-order valence-electron chi connectivity index (χ4n) is 1.83. The highest BCUT2D eigenvalue weighted by Crippen LogP contribution is 2.29. The molecule has 0 fully saturated rings. The SMILES string of the molecule is CCCn1nc(C)c([N+](=O)[O-])c1NC(C)CSC. The Bertz CT molecular complexity index is 419. The highest BCUT2D eigenvalue weighted by Gasteiger charge is 2.25. The molecule has 1 atom stereocenters. The van der Waals surface area contributed by atoms with Gasteiger partial charge in [0, 0.05) is 18.3 Å². The van der Waals surface area contributed by atoms with Gasteiger partial charge in [0.15, 0.2) is 0 Å². The van der Waals surface area contributed by atoms with E-state index in [4.69, 9.17) is 0 Å². The summed E-state index contributed by atoms with van der Waals surface area (Å²) in [5.74, 6) is 1.42. The average molecular weight is 272 g/mol. The Kier molecular flexibility index (Phi) is 5.46. The molecule has 1 N–H and O–H groups in total. The summed E-state index contributed by atoms with van der Waals surface area (Å²) in [6, 6.07) is 0.172. The molecule has 102 valence electrons. The lowest BCUT2D eigenvalue weighted by molar-refractivity contribution is -0.384. The minimum absolute atomic E-state index is 0.0939. The van der Waals surface area contributed by atoms with Crippen LogP contribution in [0.3, 0.4) is 0 Å². The van der Waals surface area contributed by atoms with Crippen molar-refractivity contribution in [2.75, 3.05) is 17.3 Å². The minimum Gasteiger partial charge on any atom is -0.361 e. The predicted molar refractivity (Wildman–Crippen MR) is 75.4 cm³/mol. The molecule has 0 saturated heterocycles. The van der Waals surface area contributed by atoms with Crippen molar-refractivity contribution in [1.29, 1.82) is 0 Å². The van der Waals surface area contributed by atoms with Crippen LogP contribution in [-0.4, -0.2) is 32.8 Å². The molecule has 0 aliphatic heterocycles. The zero-order chi connectivity index (χ0) is 13.7. The van der Waals surface area contributed by atoms with Gasteiger partial charge in [0.1, 0.15) is 5.69 Å². The maximum Gasteiger partial charge on any atom is 0.333 e. The minimum atomic E-state index is -0.358. The zero-order valence-electron chi connectivity index (χ0n) is 11.3. The van der Waals surface area contributed by atoms with E-state index in [1.54, 1.807) is 23.4 Å². The van der Waals surface area contributed by atoms with E-state index in [1.807, 2.05) is 20.1 Å². The van der Waals surface area contributed by atoms with E-state index >= 15 is 0 Å². The molecule has 0 amide bonds. The second kappa shape index (κ2) is 6.63. The number of hydrogen-bond acceptors (Lipinski definition) is 5. The maximum atomic E-state index is 11.1. The van der Waals surface area contributed by atoms with Crippen LogP contribution in [-0.2, 0) is 6.54 Å². The number of hydrogen-bond donors (Lipinski definition) is 1. The summed E-state index contributed by atoms with van der Waals surface area (Å²) in [6.45, 7) is 6.40. The molecule has 7 heteroatoms. The van der Waals surface area contributed by atoms with E-state index in [-0.39, 0.29) is 16.7 Å². The number of nitrogens with one attached hydrogen (secondary N) is 1. The molecule has 0 aliphatic carbocycles. The van der Waals surface area contributed by atoms with Crippen LogP contribution < -0.4 is 5.32 Å². The van der Waals surface area contributed by atoms with Crippen LogP contribution >= 0.6 is 11.8 Å². The van der Waals surface area contributed by atoms with E-state index in [2.05, 4.69) is 10.4 Å². The Morgan fingerprint density at radius 2 is 2.28 bits per heavy atom. The van der Waals surface area contributed by atoms with Gasteiger partial charge >= 0.3 is 5.69 Å². The number of thioether (sulfide) groups is 1. The van der Waals surface area contributed by atoms with Crippen LogP contribution in [0.25, 0.3) is 0 Å². The summed E-state index contributed by atoms with van der Waals surface area (Å²) < 4.78 is 1.70. The van der Waals surface area contributed by atoms with Crippen LogP contribution in [0.15, 0.2) is 0 Å². The molecule has 0 aliphatic rings. The van der Waals surface area contributed by atoms with E-state index in [1.165, 1.54) is 0 Å². The maximum absolute atomic E-state index is 11.1. The Morgan fingerprint density at radius 3 is 2.78 bits per heavy atom. The number of nitro groups is 1. The van der Waals surface area contributed by atoms with Crippen molar-refractivity contribution >= 4 is 23.3 Å². The van der Waals surface area contributed by atoms with Crippen LogP contribution in [0.5, 0.6) is 0 Å². The summed E-state index contributed by atoms with van der Waals surface area (Å²) in [6.07, 6.45) is 2.91. The molecule has 0 spiro atoms. The van der Waals surface area contributed by atoms with Crippen molar-refractivity contribution in [3.8, 4) is 0 Å². The third kappa shape index (κ3) is 3.38. The molecule has 6 nitrogen and oxygen atoms in total. The number of aryl methyl sites for hydroxylation is 2. The Labute approximate surface area is 111 Å². The fourth-order valence-corrected chi connectivity index (χ4v) is 2.42. The lowest BCUT2D eigenvalue weighted by Gasteiger charge is -2.14. The van der Waals surface area contributed by atoms with Crippen molar-refractivity contribution in [3.05, 3.63) is 15.8 Å². The number of aromatic nitrogens is 2. The van der Waals surface area contributed by atoms with E-state index in [9.17, 15) is 10.1 Å². The smallest absolute Gasteiger partial charge is 0.333 e. The second-order valence-corrected chi connectivity index (χ2v) is 5.17. The molecule has 1 rings (SSSR count). The molecular weight excluding hydrogens is 252 g/mol. The van der Waals surface area contributed by atoms with E-state index in [0.717, 1.165) is 12.2 Å². The summed E-state index contributed by atoms with van der Waals surface area (Å²) in [7, 11) is 0. The third-order valence-electron chi connectivity index (χ3n) is 2.51. The summed E-state index contributed by atoms with van der Waals surface area (Å²) in [4.78, 5) is 10.7. The van der Waals surface area contributed by atoms with Gasteiger partial charge in [-0.15, -0.1) is 0 Å². The van der Waals surface area contributed by atoms with Gasteiger partial charge in [0.2, 0.25) is 5.82 Å². The van der Waals surface area contributed by atoms with E-state index < -0.39 is 0 Å². The first-order valence-electron chi connectivity index (χ1n) is 5.98. The topological polar surface area (TPSA) is 73.0 Å². The fraction of sp³-hybridized carbons (Fsp3) is 0.727. The highest BCUT2D eigenvalue weighted by molar-refractivity contribution is 7.98. The van der Waals surface area contributed by atoms with Gasteiger partial charge in [-0.25, -0.2) is 4.68 Å². The van der Waals surface area contributed by atoms with Crippen LogP contribution in [0, 0.1) is 17.0 Å². The average Bonchev–Trinajstić information content (AvgIpc) is 2.56. The van der Waals surface area contributed by atoms with Crippen LogP contribution in [0.2, 0.25) is 0 Å². The first-order valence-corrected chi connectivity index (χ1v) is 7.37. The van der Waals surface area contributed by atoms with Gasteiger partial charge in [-0.2, -0.15) is 16.9 Å². The standard InChI is InChI=1S/C11H20N4O2S/c1-5-6-14-11(12-8(2)7-18-4)10(15(16)17)9(3)13-14/h8,12H,5-7H2,1-4H3. The monoisotopic (exact) mass is 272 g/mol. The van der Waals surface area contributed by atoms with E-state index in [0.29, 0.717) is 18.1 Å². The summed E-state index contributed by atoms with van der Waals surface area (Å²) in [5, 5.41) is 18.6. The molecule has 0 aromatic carbocycles. The third-order valence-corrected chi connectivity index (χ3v) is 3.35. The summed E-state index contributed by atoms with van der Waals surface area (Å²) in [5.41, 5.74) is 0.559. The van der Waals surface area contributed by atoms with Gasteiger partial charge < -0.3 is 5.32 Å². The quantitative estimate of drug-likeness (QED) is 0.610. The Morgan fingerprint density at radius 1 is 1.61 bits per heavy atom. The van der Waals surface area contributed by atoms with Crippen molar-refractivity contribution in [1.82, 2.24) is 9.78 Å². The predicted octanol–water partition coefficient (Wildman–Crippen LogP) is 2.67. The van der Waals surface area contributed by atoms with Crippen molar-refractivity contribution < 1.29 is 4.92 Å². The van der Waals surface area contributed by atoms with Gasteiger partial charge in [0.25, 0.3) is 0 Å². The Hall–Kier alpha value is -1.24. The van der Waals surface area contributed by atoms with Gasteiger partial charge in [0.05, 0.1) is 4.92 Å². The molecule has 1 heterocycles. The second-order valence-electron chi connectivity index (χ2n) is 4.26.